The highest BCUT2D eigenvalue weighted by atomic mass is 32.2. The van der Waals surface area contributed by atoms with Crippen LogP contribution in [0.4, 0.5) is 10.1 Å². The lowest BCUT2D eigenvalue weighted by atomic mass is 9.86. The van der Waals surface area contributed by atoms with E-state index in [-0.39, 0.29) is 30.2 Å². The van der Waals surface area contributed by atoms with Gasteiger partial charge in [-0.1, -0.05) is 39.0 Å². The molecular formula is C22H25FN2O4S. The first kappa shape index (κ1) is 21.8. The highest BCUT2D eigenvalue weighted by Gasteiger charge is 2.20. The van der Waals surface area contributed by atoms with Gasteiger partial charge >= 0.3 is 0 Å². The van der Waals surface area contributed by atoms with Gasteiger partial charge in [0.2, 0.25) is 10.0 Å². The second kappa shape index (κ2) is 8.10. The number of nitrogens with one attached hydrogen (secondary N) is 2. The molecule has 6 nitrogen and oxygen atoms in total. The van der Waals surface area contributed by atoms with Crippen LogP contribution in [0.5, 0.6) is 5.75 Å². The molecule has 2 N–H and O–H groups in total. The van der Waals surface area contributed by atoms with Crippen LogP contribution in [0.25, 0.3) is 6.08 Å². The smallest absolute Gasteiger partial charge is 0.250 e. The summed E-state index contributed by atoms with van der Waals surface area (Å²) < 4.78 is 44.4. The zero-order valence-electron chi connectivity index (χ0n) is 17.4. The third-order valence-corrected chi connectivity index (χ3v) is 5.26. The van der Waals surface area contributed by atoms with E-state index in [9.17, 15) is 17.6 Å². The van der Waals surface area contributed by atoms with Crippen LogP contribution in [0.1, 0.15) is 37.5 Å². The Morgan fingerprint density at radius 2 is 1.90 bits per heavy atom. The lowest BCUT2D eigenvalue weighted by Crippen LogP contribution is -2.28. The number of hydrogen-bond donors (Lipinski definition) is 2. The fourth-order valence-corrected chi connectivity index (χ4v) is 3.57. The SMILES string of the molecule is CC(C)(C)c1ccc2c(c1)OCC(C(=O)NCc1ccc(NS(C)(=O)=O)c(F)c1)=C2. The molecule has 160 valence electrons. The van der Waals surface area contributed by atoms with Crippen LogP contribution >= 0.6 is 0 Å². The molecule has 0 bridgehead atoms. The number of carbonyl (C=O) groups is 1. The molecule has 0 atom stereocenters. The van der Waals surface area contributed by atoms with E-state index in [1.165, 1.54) is 12.1 Å². The largest absolute Gasteiger partial charge is 0.488 e. The minimum Gasteiger partial charge on any atom is -0.488 e. The maximum Gasteiger partial charge on any atom is 0.250 e. The first-order valence-electron chi connectivity index (χ1n) is 9.45. The summed E-state index contributed by atoms with van der Waals surface area (Å²) in [7, 11) is -3.57. The molecule has 1 aliphatic heterocycles. The monoisotopic (exact) mass is 432 g/mol. The summed E-state index contributed by atoms with van der Waals surface area (Å²) in [6, 6.07) is 10.0. The van der Waals surface area contributed by atoms with E-state index in [0.29, 0.717) is 11.1 Å². The number of rotatable bonds is 5. The summed E-state index contributed by atoms with van der Waals surface area (Å²) in [5.74, 6) is -0.273. The predicted octanol–water partition coefficient (Wildman–Crippen LogP) is 3.59. The van der Waals surface area contributed by atoms with Gasteiger partial charge in [0, 0.05) is 12.1 Å². The molecular weight excluding hydrogens is 407 g/mol. The topological polar surface area (TPSA) is 84.5 Å². The Labute approximate surface area is 176 Å². The first-order valence-corrected chi connectivity index (χ1v) is 11.3. The van der Waals surface area contributed by atoms with Crippen LogP contribution in [0.2, 0.25) is 0 Å². The van der Waals surface area contributed by atoms with Crippen molar-refractivity contribution in [2.24, 2.45) is 0 Å². The van der Waals surface area contributed by atoms with E-state index in [2.05, 4.69) is 30.8 Å². The zero-order valence-corrected chi connectivity index (χ0v) is 18.2. The van der Waals surface area contributed by atoms with E-state index in [1.807, 2.05) is 18.2 Å². The van der Waals surface area contributed by atoms with Crippen LogP contribution in [0.15, 0.2) is 42.0 Å². The lowest BCUT2D eigenvalue weighted by Gasteiger charge is -2.23. The van der Waals surface area contributed by atoms with Gasteiger partial charge in [-0.25, -0.2) is 12.8 Å². The van der Waals surface area contributed by atoms with Crippen molar-refractivity contribution >= 4 is 27.7 Å². The molecule has 1 heterocycles. The number of halogens is 1. The summed E-state index contributed by atoms with van der Waals surface area (Å²) in [5, 5.41) is 2.74. The third kappa shape index (κ3) is 5.38. The van der Waals surface area contributed by atoms with Crippen LogP contribution in [0, 0.1) is 5.82 Å². The average molecular weight is 433 g/mol. The normalized spacial score (nSPS) is 13.7. The molecule has 2 aromatic rings. The number of anilines is 1. The Morgan fingerprint density at radius 1 is 1.17 bits per heavy atom. The van der Waals surface area contributed by atoms with Gasteiger partial charge in [-0.2, -0.15) is 0 Å². The van der Waals surface area contributed by atoms with E-state index < -0.39 is 15.8 Å². The molecule has 0 saturated heterocycles. The van der Waals surface area contributed by atoms with Gasteiger partial charge in [-0.05, 0) is 40.8 Å². The van der Waals surface area contributed by atoms with Crippen molar-refractivity contribution in [2.45, 2.75) is 32.7 Å². The fraction of sp³-hybridized carbons (Fsp3) is 0.318. The molecule has 8 heteroatoms. The summed E-state index contributed by atoms with van der Waals surface area (Å²) in [4.78, 5) is 12.5. The molecule has 0 radical (unpaired) electrons. The van der Waals surface area contributed by atoms with Crippen molar-refractivity contribution in [1.29, 1.82) is 0 Å². The Balaban J connectivity index is 1.67. The molecule has 1 aliphatic rings. The Bertz CT molecular complexity index is 1120. The van der Waals surface area contributed by atoms with E-state index >= 15 is 0 Å². The van der Waals surface area contributed by atoms with Gasteiger partial charge < -0.3 is 10.1 Å². The van der Waals surface area contributed by atoms with Crippen LogP contribution in [0.3, 0.4) is 0 Å². The molecule has 0 saturated carbocycles. The van der Waals surface area contributed by atoms with Crippen molar-refractivity contribution in [3.8, 4) is 5.75 Å². The number of fused-ring (bicyclic) bond motifs is 1. The molecule has 0 fully saturated rings. The fourth-order valence-electron chi connectivity index (χ4n) is 3.01. The number of amides is 1. The third-order valence-electron chi connectivity index (χ3n) is 4.67. The van der Waals surface area contributed by atoms with Crippen molar-refractivity contribution in [3.05, 3.63) is 64.5 Å². The number of hydrogen-bond acceptors (Lipinski definition) is 4. The first-order chi connectivity index (χ1) is 13.9. The molecule has 3 rings (SSSR count). The molecule has 30 heavy (non-hydrogen) atoms. The Morgan fingerprint density at radius 3 is 2.53 bits per heavy atom. The van der Waals surface area contributed by atoms with E-state index in [1.54, 1.807) is 12.1 Å². The van der Waals surface area contributed by atoms with Crippen molar-refractivity contribution < 1.29 is 22.3 Å². The second-order valence-corrected chi connectivity index (χ2v) is 10.1. The maximum atomic E-state index is 14.1. The zero-order chi connectivity index (χ0) is 22.1. The van der Waals surface area contributed by atoms with Crippen LogP contribution in [-0.4, -0.2) is 27.2 Å². The Kier molecular flexibility index (Phi) is 5.90. The highest BCUT2D eigenvalue weighted by Crippen LogP contribution is 2.32. The number of ether oxygens (including phenoxy) is 1. The molecule has 0 unspecified atom stereocenters. The summed E-state index contributed by atoms with van der Waals surface area (Å²) in [6.45, 7) is 6.62. The second-order valence-electron chi connectivity index (χ2n) is 8.33. The predicted molar refractivity (Wildman–Crippen MR) is 115 cm³/mol. The molecule has 0 aliphatic carbocycles. The van der Waals surface area contributed by atoms with Crippen molar-refractivity contribution in [3.63, 3.8) is 0 Å². The number of benzene rings is 2. The maximum absolute atomic E-state index is 14.1. The molecule has 0 aromatic heterocycles. The standard InChI is InChI=1S/C22H25FN2O4S/c1-22(2,3)17-7-6-15-10-16(13-29-20(15)11-17)21(26)24-12-14-5-8-19(18(23)9-14)25-30(4,27)28/h5-11,25H,12-13H2,1-4H3,(H,24,26). The van der Waals surface area contributed by atoms with Gasteiger partial charge in [0.05, 0.1) is 17.5 Å². The number of carbonyl (C=O) groups excluding carboxylic acids is 1. The van der Waals surface area contributed by atoms with Crippen LogP contribution < -0.4 is 14.8 Å². The molecule has 1 amide bonds. The molecule has 0 spiro atoms. The number of sulfonamides is 1. The van der Waals surface area contributed by atoms with Gasteiger partial charge in [0.25, 0.3) is 5.91 Å². The van der Waals surface area contributed by atoms with Gasteiger partial charge in [-0.3, -0.25) is 9.52 Å². The van der Waals surface area contributed by atoms with Crippen LogP contribution in [-0.2, 0) is 26.8 Å². The van der Waals surface area contributed by atoms with Gasteiger partial charge in [0.1, 0.15) is 18.2 Å². The lowest BCUT2D eigenvalue weighted by molar-refractivity contribution is -0.117. The highest BCUT2D eigenvalue weighted by molar-refractivity contribution is 7.92. The van der Waals surface area contributed by atoms with Crippen molar-refractivity contribution in [2.75, 3.05) is 17.6 Å². The summed E-state index contributed by atoms with van der Waals surface area (Å²) in [6.07, 6.45) is 2.74. The van der Waals surface area contributed by atoms with E-state index in [4.69, 9.17) is 4.74 Å². The molecule has 2 aromatic carbocycles. The van der Waals surface area contributed by atoms with E-state index in [0.717, 1.165) is 23.1 Å². The minimum atomic E-state index is -3.57. The minimum absolute atomic E-state index is 0.00140. The quantitative estimate of drug-likeness (QED) is 0.756. The average Bonchev–Trinajstić information content (AvgIpc) is 2.65. The summed E-state index contributed by atoms with van der Waals surface area (Å²) in [5.41, 5.74) is 2.83. The van der Waals surface area contributed by atoms with Crippen molar-refractivity contribution in [1.82, 2.24) is 5.32 Å². The van der Waals surface area contributed by atoms with Gasteiger partial charge in [-0.15, -0.1) is 0 Å². The Hall–Kier alpha value is -2.87. The van der Waals surface area contributed by atoms with Gasteiger partial charge in [0.15, 0.2) is 0 Å². The summed E-state index contributed by atoms with van der Waals surface area (Å²) >= 11 is 0.